The van der Waals surface area contributed by atoms with Gasteiger partial charge in [0, 0.05) is 17.8 Å². The van der Waals surface area contributed by atoms with Gasteiger partial charge in [0.2, 0.25) is 0 Å². The van der Waals surface area contributed by atoms with Crippen molar-refractivity contribution in [2.45, 2.75) is 6.18 Å². The largest absolute Gasteiger partial charge is 0.497 e. The summed E-state index contributed by atoms with van der Waals surface area (Å²) in [6, 6.07) is 8.23. The Morgan fingerprint density at radius 3 is 2.38 bits per heavy atom. The zero-order chi connectivity index (χ0) is 15.0. The average molecular weight is 293 g/mol. The number of fused-ring (bicyclic) bond motifs is 1. The minimum absolute atomic E-state index is 0.473. The average Bonchev–Trinajstić information content (AvgIpc) is 2.89. The number of benzene rings is 1. The predicted octanol–water partition coefficient (Wildman–Crippen LogP) is 3.42. The van der Waals surface area contributed by atoms with Crippen molar-refractivity contribution in [3.8, 4) is 17.1 Å². The van der Waals surface area contributed by atoms with Crippen LogP contribution in [0.1, 0.15) is 5.56 Å². The van der Waals surface area contributed by atoms with E-state index in [1.165, 1.54) is 12.1 Å². The summed E-state index contributed by atoms with van der Waals surface area (Å²) in [7, 11) is 1.54. The van der Waals surface area contributed by atoms with Gasteiger partial charge in [-0.15, -0.1) is 10.2 Å². The Kier molecular flexibility index (Phi) is 3.04. The van der Waals surface area contributed by atoms with Gasteiger partial charge < -0.3 is 4.74 Å². The highest BCUT2D eigenvalue weighted by Crippen LogP contribution is 2.30. The predicted molar refractivity (Wildman–Crippen MR) is 70.0 cm³/mol. The van der Waals surface area contributed by atoms with Crippen LogP contribution in [0, 0.1) is 0 Å². The summed E-state index contributed by atoms with van der Waals surface area (Å²) in [4.78, 5) is 0. The number of hydrogen-bond donors (Lipinski definition) is 0. The van der Waals surface area contributed by atoms with E-state index in [-0.39, 0.29) is 0 Å². The molecule has 0 saturated carbocycles. The van der Waals surface area contributed by atoms with Crippen molar-refractivity contribution < 1.29 is 17.9 Å². The van der Waals surface area contributed by atoms with Crippen LogP contribution in [0.4, 0.5) is 13.2 Å². The number of hydrogen-bond acceptors (Lipinski definition) is 3. The second kappa shape index (κ2) is 4.76. The SMILES string of the molecule is COc1ccn2c(-c3ccc(C(F)(F)F)cc3)nnc2c1. The Balaban J connectivity index is 2.04. The van der Waals surface area contributed by atoms with Crippen molar-refractivity contribution in [1.82, 2.24) is 14.6 Å². The number of rotatable bonds is 2. The fourth-order valence-corrected chi connectivity index (χ4v) is 2.00. The van der Waals surface area contributed by atoms with Crippen molar-refractivity contribution in [2.24, 2.45) is 0 Å². The monoisotopic (exact) mass is 293 g/mol. The van der Waals surface area contributed by atoms with E-state index in [1.807, 2.05) is 0 Å². The molecule has 0 aliphatic rings. The molecule has 4 nitrogen and oxygen atoms in total. The zero-order valence-corrected chi connectivity index (χ0v) is 10.9. The van der Waals surface area contributed by atoms with E-state index in [2.05, 4.69) is 10.2 Å². The van der Waals surface area contributed by atoms with Crippen molar-refractivity contribution in [1.29, 1.82) is 0 Å². The molecule has 108 valence electrons. The van der Waals surface area contributed by atoms with Crippen molar-refractivity contribution in [2.75, 3.05) is 7.11 Å². The third-order valence-electron chi connectivity index (χ3n) is 3.09. The number of methoxy groups -OCH3 is 1. The van der Waals surface area contributed by atoms with Crippen molar-refractivity contribution in [3.05, 3.63) is 48.2 Å². The maximum atomic E-state index is 12.6. The number of ether oxygens (including phenoxy) is 1. The molecule has 0 atom stereocenters. The van der Waals surface area contributed by atoms with Gasteiger partial charge in [0.05, 0.1) is 12.7 Å². The molecular formula is C14H10F3N3O. The second-order valence-electron chi connectivity index (χ2n) is 4.39. The second-order valence-corrected chi connectivity index (χ2v) is 4.39. The highest BCUT2D eigenvalue weighted by molar-refractivity contribution is 5.60. The van der Waals surface area contributed by atoms with E-state index in [1.54, 1.807) is 29.8 Å². The molecule has 21 heavy (non-hydrogen) atoms. The molecule has 2 heterocycles. The number of aromatic nitrogens is 3. The van der Waals surface area contributed by atoms with Crippen LogP contribution in [-0.4, -0.2) is 21.7 Å². The third kappa shape index (κ3) is 2.42. The first-order valence-corrected chi connectivity index (χ1v) is 6.05. The maximum Gasteiger partial charge on any atom is 0.416 e. The Bertz CT molecular complexity index is 778. The van der Waals surface area contributed by atoms with E-state index in [0.717, 1.165) is 12.1 Å². The van der Waals surface area contributed by atoms with E-state index < -0.39 is 11.7 Å². The lowest BCUT2D eigenvalue weighted by molar-refractivity contribution is -0.137. The molecule has 0 N–H and O–H groups in total. The summed E-state index contributed by atoms with van der Waals surface area (Å²) in [5.74, 6) is 1.11. The van der Waals surface area contributed by atoms with Crippen LogP contribution in [0.25, 0.3) is 17.0 Å². The zero-order valence-electron chi connectivity index (χ0n) is 10.9. The molecule has 7 heteroatoms. The number of pyridine rings is 1. The first-order valence-electron chi connectivity index (χ1n) is 6.05. The van der Waals surface area contributed by atoms with Crippen LogP contribution in [0.15, 0.2) is 42.6 Å². The number of alkyl halides is 3. The van der Waals surface area contributed by atoms with E-state index in [0.29, 0.717) is 22.8 Å². The molecule has 3 aromatic rings. The van der Waals surface area contributed by atoms with E-state index in [9.17, 15) is 13.2 Å². The summed E-state index contributed by atoms with van der Waals surface area (Å²) >= 11 is 0. The summed E-state index contributed by atoms with van der Waals surface area (Å²) in [6.45, 7) is 0. The molecular weight excluding hydrogens is 283 g/mol. The van der Waals surface area contributed by atoms with Crippen LogP contribution in [0.5, 0.6) is 5.75 Å². The lowest BCUT2D eigenvalue weighted by Crippen LogP contribution is -2.04. The Morgan fingerprint density at radius 2 is 1.76 bits per heavy atom. The molecule has 3 rings (SSSR count). The summed E-state index contributed by atoms with van der Waals surface area (Å²) in [5.41, 5.74) is 0.423. The maximum absolute atomic E-state index is 12.6. The van der Waals surface area contributed by atoms with Gasteiger partial charge in [0.15, 0.2) is 11.5 Å². The summed E-state index contributed by atoms with van der Waals surface area (Å²) < 4.78 is 44.4. The molecule has 0 radical (unpaired) electrons. The Labute approximate surface area is 117 Å². The molecule has 0 aliphatic carbocycles. The fraction of sp³-hybridized carbons (Fsp3) is 0.143. The van der Waals surface area contributed by atoms with Crippen LogP contribution in [0.2, 0.25) is 0 Å². The molecule has 0 aliphatic heterocycles. The summed E-state index contributed by atoms with van der Waals surface area (Å²) in [6.07, 6.45) is -2.64. The number of nitrogens with zero attached hydrogens (tertiary/aromatic N) is 3. The summed E-state index contributed by atoms with van der Waals surface area (Å²) in [5, 5.41) is 7.99. The molecule has 1 aromatic carbocycles. The molecule has 0 fully saturated rings. The molecule has 0 amide bonds. The van der Waals surface area contributed by atoms with E-state index in [4.69, 9.17) is 4.74 Å². The van der Waals surface area contributed by atoms with Crippen LogP contribution < -0.4 is 4.74 Å². The Hall–Kier alpha value is -2.57. The molecule has 0 spiro atoms. The van der Waals surface area contributed by atoms with Gasteiger partial charge in [0.25, 0.3) is 0 Å². The fourth-order valence-electron chi connectivity index (χ4n) is 2.00. The lowest BCUT2D eigenvalue weighted by atomic mass is 10.1. The van der Waals surface area contributed by atoms with Gasteiger partial charge in [0.1, 0.15) is 5.75 Å². The smallest absolute Gasteiger partial charge is 0.416 e. The first kappa shape index (κ1) is 13.4. The van der Waals surface area contributed by atoms with Gasteiger partial charge in [-0.05, 0) is 18.2 Å². The van der Waals surface area contributed by atoms with Crippen molar-refractivity contribution >= 4 is 5.65 Å². The normalized spacial score (nSPS) is 11.8. The van der Waals surface area contributed by atoms with E-state index >= 15 is 0 Å². The molecule has 0 saturated heterocycles. The molecule has 0 unspecified atom stereocenters. The Morgan fingerprint density at radius 1 is 1.05 bits per heavy atom. The highest BCUT2D eigenvalue weighted by Gasteiger charge is 2.30. The van der Waals surface area contributed by atoms with Crippen LogP contribution in [0.3, 0.4) is 0 Å². The first-order chi connectivity index (χ1) is 9.99. The van der Waals surface area contributed by atoms with Crippen LogP contribution in [-0.2, 0) is 6.18 Å². The minimum Gasteiger partial charge on any atom is -0.497 e. The third-order valence-corrected chi connectivity index (χ3v) is 3.09. The quantitative estimate of drug-likeness (QED) is 0.726. The minimum atomic E-state index is -4.35. The van der Waals surface area contributed by atoms with Gasteiger partial charge in [-0.25, -0.2) is 0 Å². The van der Waals surface area contributed by atoms with Crippen LogP contribution >= 0.6 is 0 Å². The van der Waals surface area contributed by atoms with Gasteiger partial charge in [-0.1, -0.05) is 12.1 Å². The standard InChI is InChI=1S/C14H10F3N3O/c1-21-11-6-7-20-12(8-11)18-19-13(20)9-2-4-10(5-3-9)14(15,16)17/h2-8H,1H3. The van der Waals surface area contributed by atoms with Gasteiger partial charge in [-0.2, -0.15) is 13.2 Å². The lowest BCUT2D eigenvalue weighted by Gasteiger charge is -2.07. The van der Waals surface area contributed by atoms with Crippen molar-refractivity contribution in [3.63, 3.8) is 0 Å². The van der Waals surface area contributed by atoms with Gasteiger partial charge >= 0.3 is 6.18 Å². The topological polar surface area (TPSA) is 39.4 Å². The molecule has 2 aromatic heterocycles. The molecule has 0 bridgehead atoms. The number of halogens is 3. The van der Waals surface area contributed by atoms with Gasteiger partial charge in [-0.3, -0.25) is 4.40 Å². The highest BCUT2D eigenvalue weighted by atomic mass is 19.4.